The lowest BCUT2D eigenvalue weighted by Crippen LogP contribution is -2.04. The maximum absolute atomic E-state index is 4.96. The highest BCUT2D eigenvalue weighted by atomic mass is 15.3. The van der Waals surface area contributed by atoms with Crippen molar-refractivity contribution in [3.05, 3.63) is 77.9 Å². The molecule has 0 bridgehead atoms. The number of rotatable bonds is 2. The summed E-state index contributed by atoms with van der Waals surface area (Å²) < 4.78 is 2.05. The molecule has 122 valence electrons. The van der Waals surface area contributed by atoms with Gasteiger partial charge in [0, 0.05) is 17.7 Å². The summed E-state index contributed by atoms with van der Waals surface area (Å²) in [6, 6.07) is 23.6. The fourth-order valence-electron chi connectivity index (χ4n) is 3.62. The van der Waals surface area contributed by atoms with E-state index in [9.17, 15) is 0 Å². The van der Waals surface area contributed by atoms with Crippen molar-refractivity contribution in [2.45, 2.75) is 13.3 Å². The Hall–Kier alpha value is -3.07. The van der Waals surface area contributed by atoms with E-state index in [1.54, 1.807) is 0 Å². The maximum atomic E-state index is 4.96. The zero-order chi connectivity index (χ0) is 16.8. The Morgan fingerprint density at radius 3 is 2.56 bits per heavy atom. The van der Waals surface area contributed by atoms with Gasteiger partial charge in [-0.15, -0.1) is 0 Å². The molecule has 0 saturated carbocycles. The maximum Gasteiger partial charge on any atom is 0.133 e. The molecular formula is C22H19N3. The average molecular weight is 325 g/mol. The van der Waals surface area contributed by atoms with Crippen molar-refractivity contribution in [1.29, 1.82) is 0 Å². The van der Waals surface area contributed by atoms with Gasteiger partial charge in [0.1, 0.15) is 5.82 Å². The Morgan fingerprint density at radius 1 is 0.920 bits per heavy atom. The molecule has 2 heterocycles. The summed E-state index contributed by atoms with van der Waals surface area (Å²) in [5.74, 6) is 1.13. The number of nitrogens with one attached hydrogen (secondary N) is 1. The van der Waals surface area contributed by atoms with Crippen LogP contribution in [0.25, 0.3) is 27.7 Å². The molecule has 1 aliphatic heterocycles. The van der Waals surface area contributed by atoms with Gasteiger partial charge in [0.05, 0.1) is 11.4 Å². The quantitative estimate of drug-likeness (QED) is 0.564. The van der Waals surface area contributed by atoms with Gasteiger partial charge in [0.2, 0.25) is 0 Å². The van der Waals surface area contributed by atoms with E-state index in [0.717, 1.165) is 30.2 Å². The Morgan fingerprint density at radius 2 is 1.72 bits per heavy atom. The standard InChI is InChI=1S/C22H19N3/c1-15-6-10-19(11-7-15)25-22-20(12-13-23-22)21(24-25)18-9-8-16-4-2-3-5-17(16)14-18/h2-11,14,23H,12-13H2,1H3. The summed E-state index contributed by atoms with van der Waals surface area (Å²) >= 11 is 0. The summed E-state index contributed by atoms with van der Waals surface area (Å²) in [5.41, 5.74) is 5.95. The number of fused-ring (bicyclic) bond motifs is 2. The first kappa shape index (κ1) is 14.3. The molecule has 0 radical (unpaired) electrons. The normalized spacial score (nSPS) is 13.0. The topological polar surface area (TPSA) is 29.9 Å². The molecule has 0 aliphatic carbocycles. The van der Waals surface area contributed by atoms with Crippen molar-refractivity contribution in [1.82, 2.24) is 9.78 Å². The number of aryl methyl sites for hydroxylation is 1. The van der Waals surface area contributed by atoms with Crippen LogP contribution in [0.2, 0.25) is 0 Å². The molecule has 0 spiro atoms. The second-order valence-electron chi connectivity index (χ2n) is 6.66. The van der Waals surface area contributed by atoms with Gasteiger partial charge in [-0.1, -0.05) is 54.1 Å². The average Bonchev–Trinajstić information content (AvgIpc) is 3.25. The third-order valence-corrected chi connectivity index (χ3v) is 4.95. The molecule has 0 saturated heterocycles. The third-order valence-electron chi connectivity index (χ3n) is 4.95. The summed E-state index contributed by atoms with van der Waals surface area (Å²) in [5, 5.41) is 11.0. The molecule has 25 heavy (non-hydrogen) atoms. The van der Waals surface area contributed by atoms with E-state index in [4.69, 9.17) is 5.10 Å². The van der Waals surface area contributed by atoms with E-state index in [0.29, 0.717) is 0 Å². The molecule has 0 amide bonds. The van der Waals surface area contributed by atoms with Crippen LogP contribution in [0, 0.1) is 6.92 Å². The van der Waals surface area contributed by atoms with Gasteiger partial charge in [-0.3, -0.25) is 0 Å². The van der Waals surface area contributed by atoms with Crippen molar-refractivity contribution < 1.29 is 0 Å². The molecular weight excluding hydrogens is 306 g/mol. The molecule has 0 atom stereocenters. The number of nitrogens with zero attached hydrogens (tertiary/aromatic N) is 2. The predicted molar refractivity (Wildman–Crippen MR) is 103 cm³/mol. The second kappa shape index (κ2) is 5.49. The van der Waals surface area contributed by atoms with E-state index in [-0.39, 0.29) is 0 Å². The van der Waals surface area contributed by atoms with Crippen LogP contribution in [0.3, 0.4) is 0 Å². The van der Waals surface area contributed by atoms with Gasteiger partial charge in [0.15, 0.2) is 0 Å². The van der Waals surface area contributed by atoms with Crippen LogP contribution in [0.1, 0.15) is 11.1 Å². The first-order chi connectivity index (χ1) is 12.3. The minimum Gasteiger partial charge on any atom is -0.369 e. The van der Waals surface area contributed by atoms with Crippen LogP contribution in [-0.4, -0.2) is 16.3 Å². The zero-order valence-electron chi connectivity index (χ0n) is 14.2. The van der Waals surface area contributed by atoms with Gasteiger partial charge in [-0.25, -0.2) is 4.68 Å². The lowest BCUT2D eigenvalue weighted by atomic mass is 10.0. The lowest BCUT2D eigenvalue weighted by Gasteiger charge is -2.06. The summed E-state index contributed by atoms with van der Waals surface area (Å²) in [7, 11) is 0. The SMILES string of the molecule is Cc1ccc(-n2nc(-c3ccc4ccccc4c3)c3c2NCC3)cc1. The number of aromatic nitrogens is 2. The van der Waals surface area contributed by atoms with Crippen LogP contribution in [0.15, 0.2) is 66.7 Å². The van der Waals surface area contributed by atoms with E-state index in [1.807, 2.05) is 4.68 Å². The largest absolute Gasteiger partial charge is 0.369 e. The fraction of sp³-hybridized carbons (Fsp3) is 0.136. The second-order valence-corrected chi connectivity index (χ2v) is 6.66. The van der Waals surface area contributed by atoms with Gasteiger partial charge in [-0.2, -0.15) is 5.10 Å². The minimum absolute atomic E-state index is 0.972. The van der Waals surface area contributed by atoms with Crippen molar-refractivity contribution in [3.8, 4) is 16.9 Å². The smallest absolute Gasteiger partial charge is 0.133 e. The van der Waals surface area contributed by atoms with Crippen LogP contribution >= 0.6 is 0 Å². The van der Waals surface area contributed by atoms with Crippen molar-refractivity contribution in [2.24, 2.45) is 0 Å². The summed E-state index contributed by atoms with van der Waals surface area (Å²) in [6.45, 7) is 3.08. The van der Waals surface area contributed by atoms with Gasteiger partial charge in [-0.05, 0) is 42.3 Å². The number of anilines is 1. The molecule has 1 N–H and O–H groups in total. The van der Waals surface area contributed by atoms with Gasteiger partial charge < -0.3 is 5.32 Å². The number of benzene rings is 3. The number of hydrogen-bond donors (Lipinski definition) is 1. The summed E-state index contributed by atoms with van der Waals surface area (Å²) in [6.07, 6.45) is 1.02. The molecule has 0 fully saturated rings. The van der Waals surface area contributed by atoms with Crippen molar-refractivity contribution >= 4 is 16.6 Å². The molecule has 3 nitrogen and oxygen atoms in total. The fourth-order valence-corrected chi connectivity index (χ4v) is 3.62. The minimum atomic E-state index is 0.972. The van der Waals surface area contributed by atoms with E-state index < -0.39 is 0 Å². The summed E-state index contributed by atoms with van der Waals surface area (Å²) in [4.78, 5) is 0. The lowest BCUT2D eigenvalue weighted by molar-refractivity contribution is 0.882. The van der Waals surface area contributed by atoms with Crippen LogP contribution in [0.5, 0.6) is 0 Å². The van der Waals surface area contributed by atoms with Crippen LogP contribution < -0.4 is 5.32 Å². The molecule has 3 heteroatoms. The van der Waals surface area contributed by atoms with Crippen molar-refractivity contribution in [2.75, 3.05) is 11.9 Å². The number of hydrogen-bond acceptors (Lipinski definition) is 2. The van der Waals surface area contributed by atoms with Crippen molar-refractivity contribution in [3.63, 3.8) is 0 Å². The molecule has 1 aliphatic rings. The predicted octanol–water partition coefficient (Wildman–Crippen LogP) is 4.97. The Bertz CT molecular complexity index is 1070. The first-order valence-electron chi connectivity index (χ1n) is 8.71. The van der Waals surface area contributed by atoms with Crippen LogP contribution in [-0.2, 0) is 6.42 Å². The molecule has 3 aromatic carbocycles. The Balaban J connectivity index is 1.68. The van der Waals surface area contributed by atoms with Gasteiger partial charge >= 0.3 is 0 Å². The third kappa shape index (κ3) is 2.31. The highest BCUT2D eigenvalue weighted by Gasteiger charge is 2.23. The molecule has 4 aromatic rings. The monoisotopic (exact) mass is 325 g/mol. The van der Waals surface area contributed by atoms with Crippen LogP contribution in [0.4, 0.5) is 5.82 Å². The molecule has 1 aromatic heterocycles. The molecule has 5 rings (SSSR count). The highest BCUT2D eigenvalue weighted by molar-refractivity contribution is 5.88. The van der Waals surface area contributed by atoms with Gasteiger partial charge in [0.25, 0.3) is 0 Å². The highest BCUT2D eigenvalue weighted by Crippen LogP contribution is 2.35. The van der Waals surface area contributed by atoms with E-state index >= 15 is 0 Å². The Kier molecular flexibility index (Phi) is 3.14. The van der Waals surface area contributed by atoms with E-state index in [2.05, 4.69) is 79.0 Å². The first-order valence-corrected chi connectivity index (χ1v) is 8.71. The van der Waals surface area contributed by atoms with E-state index in [1.165, 1.54) is 27.5 Å². The zero-order valence-corrected chi connectivity index (χ0v) is 14.2. The molecule has 0 unspecified atom stereocenters. The Labute approximate surface area is 146 Å².